The highest BCUT2D eigenvalue weighted by atomic mass is 35.5. The molecular weight excluding hydrogens is 292 g/mol. The van der Waals surface area contributed by atoms with Crippen molar-refractivity contribution in [3.05, 3.63) is 69.1 Å². The van der Waals surface area contributed by atoms with Crippen molar-refractivity contribution in [3.8, 4) is 0 Å². The van der Waals surface area contributed by atoms with E-state index in [4.69, 9.17) is 16.0 Å². The zero-order valence-electron chi connectivity index (χ0n) is 10.7. The highest BCUT2D eigenvalue weighted by Crippen LogP contribution is 2.30. The molecule has 21 heavy (non-hydrogen) atoms. The summed E-state index contributed by atoms with van der Waals surface area (Å²) >= 11 is 5.84. The number of nitro groups is 1. The molecular formula is C15H9ClN2O3. The number of oxazole rings is 1. The lowest BCUT2D eigenvalue weighted by Gasteiger charge is -1.93. The number of nitrogens with zero attached hydrogens (tertiary/aromatic N) is 2. The number of benzene rings is 2. The smallest absolute Gasteiger partial charge is 0.291 e. The first-order valence-electron chi connectivity index (χ1n) is 6.11. The Morgan fingerprint density at radius 1 is 1.19 bits per heavy atom. The van der Waals surface area contributed by atoms with Crippen molar-refractivity contribution in [1.29, 1.82) is 0 Å². The van der Waals surface area contributed by atoms with Gasteiger partial charge in [0.2, 0.25) is 5.89 Å². The molecule has 0 spiro atoms. The van der Waals surface area contributed by atoms with Crippen LogP contribution in [0.5, 0.6) is 0 Å². The van der Waals surface area contributed by atoms with Gasteiger partial charge in [-0.2, -0.15) is 0 Å². The third-order valence-electron chi connectivity index (χ3n) is 2.89. The summed E-state index contributed by atoms with van der Waals surface area (Å²) in [5.41, 5.74) is 1.62. The molecule has 0 saturated heterocycles. The summed E-state index contributed by atoms with van der Waals surface area (Å²) in [5.74, 6) is 0.366. The summed E-state index contributed by atoms with van der Waals surface area (Å²) in [7, 11) is 0. The van der Waals surface area contributed by atoms with Crippen molar-refractivity contribution in [3.63, 3.8) is 0 Å². The van der Waals surface area contributed by atoms with Crippen LogP contribution in [0.3, 0.4) is 0 Å². The number of nitro benzene ring substituents is 1. The van der Waals surface area contributed by atoms with Crippen LogP contribution in [0.2, 0.25) is 5.02 Å². The number of fused-ring (bicyclic) bond motifs is 1. The molecule has 0 fully saturated rings. The van der Waals surface area contributed by atoms with Crippen molar-refractivity contribution < 1.29 is 9.34 Å². The molecule has 0 atom stereocenters. The minimum atomic E-state index is -0.552. The number of hydrogen-bond donors (Lipinski definition) is 0. The van der Waals surface area contributed by atoms with Crippen molar-refractivity contribution in [2.24, 2.45) is 0 Å². The van der Waals surface area contributed by atoms with Crippen LogP contribution in [0.1, 0.15) is 11.5 Å². The van der Waals surface area contributed by atoms with E-state index in [1.54, 1.807) is 6.08 Å². The molecule has 3 aromatic rings. The predicted octanol–water partition coefficient (Wildman–Crippen LogP) is 4.56. The lowest BCUT2D eigenvalue weighted by atomic mass is 10.2. The number of hydrogen-bond acceptors (Lipinski definition) is 4. The number of rotatable bonds is 3. The third-order valence-corrected chi connectivity index (χ3v) is 3.19. The Hall–Kier alpha value is -2.66. The van der Waals surface area contributed by atoms with E-state index in [9.17, 15) is 10.1 Å². The molecule has 0 N–H and O–H groups in total. The summed E-state index contributed by atoms with van der Waals surface area (Å²) in [4.78, 5) is 14.5. The summed E-state index contributed by atoms with van der Waals surface area (Å²) < 4.78 is 5.47. The van der Waals surface area contributed by atoms with Gasteiger partial charge in [-0.15, -0.1) is 0 Å². The van der Waals surface area contributed by atoms with Crippen LogP contribution in [0, 0.1) is 10.1 Å². The summed E-state index contributed by atoms with van der Waals surface area (Å²) in [6.45, 7) is 0. The first-order chi connectivity index (χ1) is 10.1. The van der Waals surface area contributed by atoms with Crippen LogP contribution >= 0.6 is 11.6 Å². The van der Waals surface area contributed by atoms with Gasteiger partial charge >= 0.3 is 0 Å². The maximum Gasteiger partial charge on any atom is 0.291 e. The maximum absolute atomic E-state index is 10.8. The molecule has 0 amide bonds. The second-order valence-electron chi connectivity index (χ2n) is 4.32. The van der Waals surface area contributed by atoms with E-state index in [0.717, 1.165) is 5.56 Å². The standard InChI is InChI=1S/C15H9ClN2O3/c16-11-8-12-14(9-13(11)18(19)20)21-15(17-12)7-6-10-4-2-1-3-5-10/h1-9H/b7-6+. The molecule has 0 aliphatic carbocycles. The second kappa shape index (κ2) is 5.38. The van der Waals surface area contributed by atoms with Gasteiger partial charge in [-0.05, 0) is 17.7 Å². The summed E-state index contributed by atoms with van der Waals surface area (Å²) in [5, 5.41) is 10.9. The number of aromatic nitrogens is 1. The zero-order valence-corrected chi connectivity index (χ0v) is 11.4. The Bertz CT molecular complexity index is 841. The molecule has 6 heteroatoms. The van der Waals surface area contributed by atoms with Gasteiger partial charge in [-0.3, -0.25) is 10.1 Å². The SMILES string of the molecule is O=[N+]([O-])c1cc2oc(/C=C/c3ccccc3)nc2cc1Cl. The van der Waals surface area contributed by atoms with E-state index >= 15 is 0 Å². The molecule has 0 radical (unpaired) electrons. The molecule has 104 valence electrons. The van der Waals surface area contributed by atoms with Gasteiger partial charge in [0, 0.05) is 6.08 Å². The molecule has 0 aliphatic rings. The minimum absolute atomic E-state index is 0.0411. The fourth-order valence-electron chi connectivity index (χ4n) is 1.90. The topological polar surface area (TPSA) is 69.2 Å². The monoisotopic (exact) mass is 300 g/mol. The second-order valence-corrected chi connectivity index (χ2v) is 4.73. The Labute approximate surface area is 124 Å². The fraction of sp³-hybridized carbons (Fsp3) is 0. The lowest BCUT2D eigenvalue weighted by molar-refractivity contribution is -0.384. The summed E-state index contributed by atoms with van der Waals surface area (Å²) in [6.07, 6.45) is 3.55. The quantitative estimate of drug-likeness (QED) is 0.525. The van der Waals surface area contributed by atoms with Gasteiger partial charge in [-0.25, -0.2) is 4.98 Å². The van der Waals surface area contributed by atoms with Crippen molar-refractivity contribution in [2.45, 2.75) is 0 Å². The van der Waals surface area contributed by atoms with Gasteiger partial charge < -0.3 is 4.42 Å². The first-order valence-corrected chi connectivity index (χ1v) is 6.49. The third kappa shape index (κ3) is 2.78. The highest BCUT2D eigenvalue weighted by molar-refractivity contribution is 6.33. The van der Waals surface area contributed by atoms with Crippen LogP contribution < -0.4 is 0 Å². The van der Waals surface area contributed by atoms with Crippen molar-refractivity contribution in [1.82, 2.24) is 4.98 Å². The van der Waals surface area contributed by atoms with Gasteiger partial charge in [0.15, 0.2) is 5.58 Å². The van der Waals surface area contributed by atoms with E-state index in [1.165, 1.54) is 12.1 Å². The normalized spacial score (nSPS) is 11.3. The Balaban J connectivity index is 1.98. The molecule has 5 nitrogen and oxygen atoms in total. The Morgan fingerprint density at radius 3 is 2.67 bits per heavy atom. The molecule has 1 aromatic heterocycles. The highest BCUT2D eigenvalue weighted by Gasteiger charge is 2.16. The molecule has 0 bridgehead atoms. The Kier molecular flexibility index (Phi) is 3.41. The van der Waals surface area contributed by atoms with Crippen molar-refractivity contribution >= 4 is 40.5 Å². The van der Waals surface area contributed by atoms with E-state index in [0.29, 0.717) is 17.0 Å². The van der Waals surface area contributed by atoms with Crippen LogP contribution in [-0.4, -0.2) is 9.91 Å². The largest absolute Gasteiger partial charge is 0.436 e. The summed E-state index contributed by atoms with van der Waals surface area (Å²) in [6, 6.07) is 12.4. The van der Waals surface area contributed by atoms with Crippen LogP contribution in [0.25, 0.3) is 23.3 Å². The van der Waals surface area contributed by atoms with Crippen LogP contribution in [0.15, 0.2) is 46.9 Å². The average Bonchev–Trinajstić information content (AvgIpc) is 2.87. The molecule has 2 aromatic carbocycles. The van der Waals surface area contributed by atoms with Gasteiger partial charge in [0.1, 0.15) is 10.5 Å². The van der Waals surface area contributed by atoms with E-state index in [-0.39, 0.29) is 10.7 Å². The maximum atomic E-state index is 10.8. The van der Waals surface area contributed by atoms with E-state index < -0.39 is 4.92 Å². The molecule has 0 aliphatic heterocycles. The Morgan fingerprint density at radius 2 is 1.95 bits per heavy atom. The molecule has 3 rings (SSSR count). The molecule has 1 heterocycles. The first kappa shape index (κ1) is 13.3. The molecule has 0 unspecified atom stereocenters. The van der Waals surface area contributed by atoms with E-state index in [2.05, 4.69) is 4.98 Å². The predicted molar refractivity (Wildman–Crippen MR) is 81.0 cm³/mol. The van der Waals surface area contributed by atoms with Crippen LogP contribution in [-0.2, 0) is 0 Å². The van der Waals surface area contributed by atoms with Gasteiger partial charge in [0.05, 0.1) is 11.0 Å². The lowest BCUT2D eigenvalue weighted by Crippen LogP contribution is -1.88. The molecule has 0 saturated carbocycles. The fourth-order valence-corrected chi connectivity index (χ4v) is 2.13. The number of halogens is 1. The van der Waals surface area contributed by atoms with Gasteiger partial charge in [0.25, 0.3) is 5.69 Å². The average molecular weight is 301 g/mol. The van der Waals surface area contributed by atoms with Gasteiger partial charge in [-0.1, -0.05) is 41.9 Å². The van der Waals surface area contributed by atoms with E-state index in [1.807, 2.05) is 36.4 Å². The minimum Gasteiger partial charge on any atom is -0.436 e. The van der Waals surface area contributed by atoms with Crippen LogP contribution in [0.4, 0.5) is 5.69 Å². The van der Waals surface area contributed by atoms with Crippen molar-refractivity contribution in [2.75, 3.05) is 0 Å². The zero-order chi connectivity index (χ0) is 14.8.